The van der Waals surface area contributed by atoms with Crippen LogP contribution in [0.3, 0.4) is 0 Å². The van der Waals surface area contributed by atoms with Crippen LogP contribution in [-0.2, 0) is 0 Å². The van der Waals surface area contributed by atoms with Crippen molar-refractivity contribution < 1.29 is 29.1 Å². The monoisotopic (exact) mass is 604 g/mol. The standard InChI is InChI=1S/C33H28N2O6Si2/c1-42(2,3)13-11-20-7-9-25-27(15-20)31(38)34(29(25)36)23-17-22(33(40)41)18-24(19-23)35-30(37)26-10-8-21(12-14-43(4,5)6)16-28(26)32(35)39/h7-10,15-19H,1-6H3,(H,40,41). The molecule has 0 aromatic heterocycles. The molecule has 43 heavy (non-hydrogen) atoms. The number of fused-ring (bicyclic) bond motifs is 2. The van der Waals surface area contributed by atoms with Gasteiger partial charge >= 0.3 is 5.97 Å². The first-order valence-corrected chi connectivity index (χ1v) is 20.5. The average Bonchev–Trinajstić information content (AvgIpc) is 3.33. The van der Waals surface area contributed by atoms with Gasteiger partial charge in [-0.2, -0.15) is 0 Å². The molecule has 4 amide bonds. The zero-order chi connectivity index (χ0) is 31.4. The molecule has 0 aliphatic carbocycles. The molecule has 8 nitrogen and oxygen atoms in total. The minimum atomic E-state index is -1.69. The number of benzene rings is 3. The van der Waals surface area contributed by atoms with E-state index in [4.69, 9.17) is 0 Å². The number of carbonyl (C=O) groups is 5. The summed E-state index contributed by atoms with van der Waals surface area (Å²) in [5.41, 5.74) is 7.76. The molecule has 5 rings (SSSR count). The number of amides is 4. The topological polar surface area (TPSA) is 112 Å². The maximum Gasteiger partial charge on any atom is 0.335 e. The summed E-state index contributed by atoms with van der Waals surface area (Å²) in [4.78, 5) is 67.6. The number of carbonyl (C=O) groups excluding carboxylic acids is 4. The Morgan fingerprint density at radius 1 is 0.581 bits per heavy atom. The molecule has 214 valence electrons. The maximum atomic E-state index is 13.5. The number of carboxylic acids is 1. The number of carboxylic acid groups (broad SMARTS) is 1. The number of nitrogens with zero attached hydrogens (tertiary/aromatic N) is 2. The van der Waals surface area contributed by atoms with Crippen LogP contribution in [0.25, 0.3) is 0 Å². The third-order valence-electron chi connectivity index (χ3n) is 6.60. The smallest absolute Gasteiger partial charge is 0.335 e. The van der Waals surface area contributed by atoms with E-state index in [1.54, 1.807) is 24.3 Å². The summed E-state index contributed by atoms with van der Waals surface area (Å²) in [6.07, 6.45) is 0. The van der Waals surface area contributed by atoms with Crippen LogP contribution in [0.4, 0.5) is 11.4 Å². The fourth-order valence-corrected chi connectivity index (χ4v) is 5.64. The molecule has 0 radical (unpaired) electrons. The molecule has 10 heteroatoms. The van der Waals surface area contributed by atoms with Crippen LogP contribution >= 0.6 is 0 Å². The van der Waals surface area contributed by atoms with Crippen molar-refractivity contribution in [1.29, 1.82) is 0 Å². The van der Waals surface area contributed by atoms with E-state index in [1.165, 1.54) is 30.3 Å². The highest BCUT2D eigenvalue weighted by Gasteiger charge is 2.40. The molecule has 3 aromatic rings. The van der Waals surface area contributed by atoms with Gasteiger partial charge in [0.25, 0.3) is 23.6 Å². The number of imide groups is 2. The van der Waals surface area contributed by atoms with Crippen LogP contribution in [0.2, 0.25) is 39.3 Å². The van der Waals surface area contributed by atoms with Crippen molar-refractivity contribution in [1.82, 2.24) is 0 Å². The Labute approximate surface area is 251 Å². The van der Waals surface area contributed by atoms with Gasteiger partial charge in [-0.1, -0.05) is 51.1 Å². The quantitative estimate of drug-likeness (QED) is 0.242. The molecule has 3 aromatic carbocycles. The Balaban J connectivity index is 1.55. The average molecular weight is 605 g/mol. The van der Waals surface area contributed by atoms with E-state index in [0.717, 1.165) is 9.80 Å². The van der Waals surface area contributed by atoms with Crippen molar-refractivity contribution in [2.24, 2.45) is 0 Å². The van der Waals surface area contributed by atoms with E-state index in [0.29, 0.717) is 11.1 Å². The number of anilines is 2. The summed E-state index contributed by atoms with van der Waals surface area (Å²) in [5, 5.41) is 9.85. The van der Waals surface area contributed by atoms with Crippen molar-refractivity contribution in [2.45, 2.75) is 39.3 Å². The lowest BCUT2D eigenvalue weighted by Crippen LogP contribution is -2.32. The normalized spacial score (nSPS) is 14.2. The molecular weight excluding hydrogens is 577 g/mol. The third kappa shape index (κ3) is 5.71. The number of aromatic carboxylic acids is 1. The number of hydrogen-bond donors (Lipinski definition) is 1. The van der Waals surface area contributed by atoms with Gasteiger partial charge in [0.2, 0.25) is 0 Å². The van der Waals surface area contributed by atoms with Gasteiger partial charge in [-0.3, -0.25) is 19.2 Å². The summed E-state index contributed by atoms with van der Waals surface area (Å²) < 4.78 is 0. The van der Waals surface area contributed by atoms with Gasteiger partial charge in [0.15, 0.2) is 0 Å². The largest absolute Gasteiger partial charge is 0.478 e. The lowest BCUT2D eigenvalue weighted by molar-refractivity contribution is 0.0694. The third-order valence-corrected chi connectivity index (χ3v) is 8.35. The molecule has 0 fully saturated rings. The van der Waals surface area contributed by atoms with Gasteiger partial charge in [0, 0.05) is 11.1 Å². The van der Waals surface area contributed by atoms with Crippen LogP contribution in [0, 0.1) is 22.9 Å². The van der Waals surface area contributed by atoms with Gasteiger partial charge in [-0.25, -0.2) is 14.6 Å². The fourth-order valence-electron chi connectivity index (χ4n) is 4.60. The molecule has 1 N–H and O–H groups in total. The maximum absolute atomic E-state index is 13.5. The Morgan fingerprint density at radius 2 is 0.953 bits per heavy atom. The van der Waals surface area contributed by atoms with Crippen LogP contribution in [0.5, 0.6) is 0 Å². The van der Waals surface area contributed by atoms with Crippen molar-refractivity contribution in [2.75, 3.05) is 9.80 Å². The lowest BCUT2D eigenvalue weighted by Gasteiger charge is -2.20. The highest BCUT2D eigenvalue weighted by molar-refractivity contribution is 6.84. The van der Waals surface area contributed by atoms with Gasteiger partial charge in [0.05, 0.1) is 39.2 Å². The van der Waals surface area contributed by atoms with Crippen molar-refractivity contribution in [3.63, 3.8) is 0 Å². The minimum Gasteiger partial charge on any atom is -0.478 e. The van der Waals surface area contributed by atoms with E-state index in [9.17, 15) is 29.1 Å². The molecule has 0 saturated carbocycles. The summed E-state index contributed by atoms with van der Waals surface area (Å²) in [5.74, 6) is 2.19. The van der Waals surface area contributed by atoms with Gasteiger partial charge in [-0.15, -0.1) is 11.1 Å². The molecule has 0 unspecified atom stereocenters. The molecule has 0 atom stereocenters. The second-order valence-corrected chi connectivity index (χ2v) is 22.0. The second-order valence-electron chi connectivity index (χ2n) is 12.5. The van der Waals surface area contributed by atoms with Crippen molar-refractivity contribution in [3.8, 4) is 22.9 Å². The van der Waals surface area contributed by atoms with E-state index in [2.05, 4.69) is 62.2 Å². The zero-order valence-electron chi connectivity index (χ0n) is 24.6. The second kappa shape index (κ2) is 10.4. The molecule has 0 saturated heterocycles. The van der Waals surface area contributed by atoms with E-state index >= 15 is 0 Å². The van der Waals surface area contributed by atoms with Crippen molar-refractivity contribution in [3.05, 3.63) is 93.5 Å². The summed E-state index contributed by atoms with van der Waals surface area (Å²) >= 11 is 0. The SMILES string of the molecule is C[Si](C)(C)C#Cc1ccc2c(c1)C(=O)N(c1cc(C(=O)O)cc(N3C(=O)c4ccc(C#C[Si](C)(C)C)cc4C3=O)c1)C2=O. The molecule has 2 aliphatic heterocycles. The molecule has 2 aliphatic rings. The van der Waals surface area contributed by atoms with Gasteiger partial charge in [-0.05, 0) is 54.6 Å². The van der Waals surface area contributed by atoms with Gasteiger partial charge in [0.1, 0.15) is 16.1 Å². The Hall–Kier alpha value is -5.04. The van der Waals surface area contributed by atoms with Crippen molar-refractivity contribution >= 4 is 57.1 Å². The summed E-state index contributed by atoms with van der Waals surface area (Å²) in [6.45, 7) is 12.5. The lowest BCUT2D eigenvalue weighted by atomic mass is 10.1. The van der Waals surface area contributed by atoms with Gasteiger partial charge < -0.3 is 5.11 Å². The Kier molecular flexibility index (Phi) is 7.09. The molecule has 2 heterocycles. The van der Waals surface area contributed by atoms with E-state index in [-0.39, 0.29) is 39.2 Å². The Bertz CT molecular complexity index is 1800. The van der Waals surface area contributed by atoms with E-state index < -0.39 is 45.7 Å². The van der Waals surface area contributed by atoms with E-state index in [1.807, 2.05) is 0 Å². The highest BCUT2D eigenvalue weighted by Crippen LogP contribution is 2.36. The van der Waals surface area contributed by atoms with Crippen LogP contribution in [-0.4, -0.2) is 50.9 Å². The predicted molar refractivity (Wildman–Crippen MR) is 169 cm³/mol. The van der Waals surface area contributed by atoms with Crippen LogP contribution < -0.4 is 9.80 Å². The first-order valence-electron chi connectivity index (χ1n) is 13.5. The van der Waals surface area contributed by atoms with Crippen LogP contribution in [0.15, 0.2) is 54.6 Å². The number of rotatable bonds is 3. The summed E-state index contributed by atoms with van der Waals surface area (Å²) in [6, 6.07) is 13.1. The molecular formula is C33H28N2O6Si2. The Morgan fingerprint density at radius 3 is 1.30 bits per heavy atom. The highest BCUT2D eigenvalue weighted by atomic mass is 28.3. The number of hydrogen-bond acceptors (Lipinski definition) is 5. The summed E-state index contributed by atoms with van der Waals surface area (Å²) in [7, 11) is -3.39. The first-order chi connectivity index (χ1) is 20.0. The zero-order valence-corrected chi connectivity index (χ0v) is 26.6. The molecule has 0 bridgehead atoms. The fraction of sp³-hybridized carbons (Fsp3) is 0.182. The predicted octanol–water partition coefficient (Wildman–Crippen LogP) is 5.44. The minimum absolute atomic E-state index is 0.0749. The molecule has 0 spiro atoms. The first kappa shape index (κ1) is 29.5. The van der Waals surface area contributed by atoms with Crippen LogP contribution in [0.1, 0.15) is 62.9 Å².